The predicted molar refractivity (Wildman–Crippen MR) is 131 cm³/mol. The van der Waals surface area contributed by atoms with E-state index in [2.05, 4.69) is 17.3 Å². The summed E-state index contributed by atoms with van der Waals surface area (Å²) in [5.74, 6) is 0.0162. The van der Waals surface area contributed by atoms with Crippen molar-refractivity contribution in [2.24, 2.45) is 28.8 Å². The molecule has 2 aromatic carbocycles. The van der Waals surface area contributed by atoms with Gasteiger partial charge in [0.2, 0.25) is 0 Å². The third-order valence-electron chi connectivity index (χ3n) is 6.47. The third kappa shape index (κ3) is 4.08. The van der Waals surface area contributed by atoms with E-state index in [1.54, 1.807) is 24.3 Å². The van der Waals surface area contributed by atoms with E-state index in [1.165, 1.54) is 6.21 Å². The fourth-order valence-corrected chi connectivity index (χ4v) is 5.57. The first-order valence-electron chi connectivity index (χ1n) is 11.0. The summed E-state index contributed by atoms with van der Waals surface area (Å²) in [5, 5.41) is 6.43. The number of fused-ring (bicyclic) bond motifs is 5. The molecule has 1 saturated carbocycles. The Morgan fingerprint density at radius 2 is 1.68 bits per heavy atom. The number of hydrogen-bond donors (Lipinski definition) is 0. The van der Waals surface area contributed by atoms with E-state index in [9.17, 15) is 9.59 Å². The van der Waals surface area contributed by atoms with Crippen LogP contribution in [0.4, 0.5) is 0 Å². The van der Waals surface area contributed by atoms with Crippen LogP contribution in [-0.4, -0.2) is 29.6 Å². The molecule has 2 fully saturated rings. The molecular weight excluding hydrogens is 499 g/mol. The van der Waals surface area contributed by atoms with Gasteiger partial charge >= 0.3 is 0 Å². The van der Waals surface area contributed by atoms with E-state index in [0.29, 0.717) is 38.7 Å². The Bertz CT molecular complexity index is 1200. The number of carbonyl (C=O) groups is 2. The Kier molecular flexibility index (Phi) is 6.32. The fourth-order valence-electron chi connectivity index (χ4n) is 4.98. The second-order valence-corrected chi connectivity index (χ2v) is 9.75. The van der Waals surface area contributed by atoms with Crippen LogP contribution in [0.15, 0.2) is 47.6 Å². The first-order valence-corrected chi connectivity index (χ1v) is 12.1. The van der Waals surface area contributed by atoms with Crippen LogP contribution in [0.25, 0.3) is 0 Å². The van der Waals surface area contributed by atoms with Gasteiger partial charge in [0, 0.05) is 0 Å². The minimum atomic E-state index is -0.292. The van der Waals surface area contributed by atoms with Crippen LogP contribution in [0.3, 0.4) is 0 Å². The van der Waals surface area contributed by atoms with Crippen LogP contribution < -0.4 is 9.47 Å². The van der Waals surface area contributed by atoms with Gasteiger partial charge < -0.3 is 9.47 Å². The number of ether oxygens (including phenoxy) is 2. The van der Waals surface area contributed by atoms with E-state index >= 15 is 0 Å². The van der Waals surface area contributed by atoms with E-state index in [-0.39, 0.29) is 42.1 Å². The summed E-state index contributed by atoms with van der Waals surface area (Å²) in [6, 6.07) is 8.59. The molecule has 0 aromatic heterocycles. The van der Waals surface area contributed by atoms with Gasteiger partial charge in [-0.3, -0.25) is 9.59 Å². The number of amides is 2. The summed E-state index contributed by atoms with van der Waals surface area (Å²) in [6.45, 7) is 2.45. The molecule has 34 heavy (non-hydrogen) atoms. The Morgan fingerprint density at radius 3 is 2.32 bits per heavy atom. The molecule has 0 spiro atoms. The van der Waals surface area contributed by atoms with Crippen molar-refractivity contribution in [2.75, 3.05) is 6.61 Å². The zero-order valence-electron chi connectivity index (χ0n) is 18.2. The fraction of sp³-hybridized carbons (Fsp3) is 0.320. The first-order chi connectivity index (χ1) is 16.4. The van der Waals surface area contributed by atoms with E-state index in [1.807, 2.05) is 13.0 Å². The Morgan fingerprint density at radius 1 is 0.971 bits per heavy atom. The maximum atomic E-state index is 12.8. The maximum absolute atomic E-state index is 12.8. The van der Waals surface area contributed by atoms with Gasteiger partial charge in [0.1, 0.15) is 6.61 Å². The van der Waals surface area contributed by atoms with Crippen LogP contribution in [0.1, 0.15) is 24.5 Å². The molecule has 4 atom stereocenters. The average molecular weight is 520 g/mol. The number of imide groups is 1. The molecule has 2 aliphatic carbocycles. The zero-order chi connectivity index (χ0) is 24.0. The second kappa shape index (κ2) is 9.25. The number of halogens is 3. The zero-order valence-corrected chi connectivity index (χ0v) is 20.5. The Hall–Kier alpha value is -2.54. The number of allylic oxidation sites excluding steroid dienone is 2. The molecule has 5 rings (SSSR count). The smallest absolute Gasteiger partial charge is 0.254 e. The highest BCUT2D eigenvalue weighted by molar-refractivity contribution is 6.42. The number of hydrogen-bond acceptors (Lipinski definition) is 5. The topological polar surface area (TPSA) is 68.2 Å². The summed E-state index contributed by atoms with van der Waals surface area (Å²) >= 11 is 18.6. The van der Waals surface area contributed by atoms with Crippen molar-refractivity contribution in [3.8, 4) is 11.5 Å². The van der Waals surface area contributed by atoms with E-state index < -0.39 is 0 Å². The number of carbonyl (C=O) groups excluding carboxylic acids is 2. The van der Waals surface area contributed by atoms with Gasteiger partial charge in [0.05, 0.1) is 39.7 Å². The average Bonchev–Trinajstić information content (AvgIpc) is 3.48. The predicted octanol–water partition coefficient (Wildman–Crippen LogP) is 5.77. The van der Waals surface area contributed by atoms with Crippen molar-refractivity contribution in [2.45, 2.75) is 20.0 Å². The molecule has 1 saturated heterocycles. The number of benzene rings is 2. The SMILES string of the molecule is CCOc1cc(C=NN2C(=O)[C@@H]3[C@H](C2=O)[C@H]2C=C[C@H]3C2)cc(Cl)c1OCc1ccc(Cl)c(Cl)c1. The Labute approximate surface area is 212 Å². The van der Waals surface area contributed by atoms with E-state index in [4.69, 9.17) is 44.3 Å². The lowest BCUT2D eigenvalue weighted by Gasteiger charge is -2.15. The molecule has 0 unspecified atom stereocenters. The van der Waals surface area contributed by atoms with Crippen molar-refractivity contribution in [1.82, 2.24) is 5.01 Å². The summed E-state index contributed by atoms with van der Waals surface area (Å²) in [7, 11) is 0. The van der Waals surface area contributed by atoms with Crippen LogP contribution in [0.5, 0.6) is 11.5 Å². The Balaban J connectivity index is 1.35. The molecule has 1 heterocycles. The maximum Gasteiger partial charge on any atom is 0.254 e. The highest BCUT2D eigenvalue weighted by Gasteiger charge is 2.59. The number of rotatable bonds is 7. The summed E-state index contributed by atoms with van der Waals surface area (Å²) in [4.78, 5) is 25.7. The lowest BCUT2D eigenvalue weighted by Crippen LogP contribution is -2.28. The van der Waals surface area contributed by atoms with Gasteiger partial charge in [0.25, 0.3) is 11.8 Å². The van der Waals surface area contributed by atoms with Crippen molar-refractivity contribution in [1.29, 1.82) is 0 Å². The van der Waals surface area contributed by atoms with Crippen LogP contribution >= 0.6 is 34.8 Å². The van der Waals surface area contributed by atoms with Crippen LogP contribution in [0.2, 0.25) is 15.1 Å². The molecule has 1 aliphatic heterocycles. The van der Waals surface area contributed by atoms with Crippen molar-refractivity contribution >= 4 is 52.8 Å². The lowest BCUT2D eigenvalue weighted by atomic mass is 9.85. The summed E-state index contributed by atoms with van der Waals surface area (Å²) in [6.07, 6.45) is 6.43. The summed E-state index contributed by atoms with van der Waals surface area (Å²) < 4.78 is 11.6. The first kappa shape index (κ1) is 23.2. The quantitative estimate of drug-likeness (QED) is 0.265. The van der Waals surface area contributed by atoms with Crippen molar-refractivity contribution in [3.05, 3.63) is 68.7 Å². The van der Waals surface area contributed by atoms with Gasteiger partial charge in [0.15, 0.2) is 11.5 Å². The molecule has 2 aromatic rings. The minimum absolute atomic E-state index is 0.137. The van der Waals surface area contributed by atoms with Gasteiger partial charge in [-0.1, -0.05) is 53.0 Å². The second-order valence-electron chi connectivity index (χ2n) is 8.53. The lowest BCUT2D eigenvalue weighted by molar-refractivity contribution is -0.140. The highest BCUT2D eigenvalue weighted by Crippen LogP contribution is 2.52. The molecule has 176 valence electrons. The van der Waals surface area contributed by atoms with Gasteiger partial charge in [-0.05, 0) is 60.6 Å². The number of nitrogens with zero attached hydrogens (tertiary/aromatic N) is 2. The van der Waals surface area contributed by atoms with E-state index in [0.717, 1.165) is 17.0 Å². The van der Waals surface area contributed by atoms with Gasteiger partial charge in [-0.15, -0.1) is 0 Å². The monoisotopic (exact) mass is 518 g/mol. The largest absolute Gasteiger partial charge is 0.490 e. The molecule has 0 radical (unpaired) electrons. The number of hydrazone groups is 1. The molecule has 9 heteroatoms. The molecule has 0 N–H and O–H groups in total. The van der Waals surface area contributed by atoms with Gasteiger partial charge in [-0.25, -0.2) is 0 Å². The molecule has 2 amide bonds. The van der Waals surface area contributed by atoms with Crippen LogP contribution in [-0.2, 0) is 16.2 Å². The normalized spacial score (nSPS) is 25.0. The summed E-state index contributed by atoms with van der Waals surface area (Å²) in [5.41, 5.74) is 1.40. The molecule has 6 nitrogen and oxygen atoms in total. The van der Waals surface area contributed by atoms with Crippen molar-refractivity contribution in [3.63, 3.8) is 0 Å². The molecule has 2 bridgehead atoms. The standard InChI is InChI=1S/C25H21Cl3N2O4/c1-2-33-20-9-14(8-19(28)23(20)34-12-13-3-6-17(26)18(27)7-13)11-29-30-24(31)21-15-4-5-16(10-15)22(21)25(30)32/h3-9,11,15-16,21-22H,2,10,12H2,1H3/t15-,16-,21-,22+/m0/s1. The molecule has 3 aliphatic rings. The highest BCUT2D eigenvalue weighted by atomic mass is 35.5. The molecular formula is C25H21Cl3N2O4. The van der Waals surface area contributed by atoms with Gasteiger partial charge in [-0.2, -0.15) is 10.1 Å². The minimum Gasteiger partial charge on any atom is -0.490 e. The third-order valence-corrected chi connectivity index (χ3v) is 7.49. The van der Waals surface area contributed by atoms with Crippen LogP contribution in [0, 0.1) is 23.7 Å². The van der Waals surface area contributed by atoms with Crippen molar-refractivity contribution < 1.29 is 19.1 Å².